The average Bonchev–Trinajstić information content (AvgIpc) is 2.46. The Morgan fingerprint density at radius 3 is 2.60 bits per heavy atom. The van der Waals surface area contributed by atoms with Gasteiger partial charge >= 0.3 is 0 Å². The highest BCUT2D eigenvalue weighted by Crippen LogP contribution is 2.14. The Hall–Kier alpha value is -1.30. The van der Waals surface area contributed by atoms with E-state index >= 15 is 0 Å². The summed E-state index contributed by atoms with van der Waals surface area (Å²) in [6.45, 7) is 10.4. The predicted molar refractivity (Wildman–Crippen MR) is 90.0 cm³/mol. The lowest BCUT2D eigenvalue weighted by molar-refractivity contribution is 0.243. The Kier molecular flexibility index (Phi) is 7.36. The first kappa shape index (κ1) is 16.8. The first-order valence-corrected chi connectivity index (χ1v) is 10.4. The van der Waals surface area contributed by atoms with Gasteiger partial charge in [0, 0.05) is 6.42 Å². The van der Waals surface area contributed by atoms with Crippen LogP contribution in [0.5, 0.6) is 0 Å². The third-order valence-electron chi connectivity index (χ3n) is 3.11. The van der Waals surface area contributed by atoms with E-state index in [1.54, 1.807) is 0 Å². The molecule has 0 heterocycles. The van der Waals surface area contributed by atoms with Gasteiger partial charge in [-0.2, -0.15) is 0 Å². The van der Waals surface area contributed by atoms with Crippen molar-refractivity contribution < 1.29 is 4.43 Å². The minimum atomic E-state index is -1.78. The molecule has 1 atom stereocenters. The topological polar surface area (TPSA) is 9.23 Å². The lowest BCUT2D eigenvalue weighted by Crippen LogP contribution is -2.33. The van der Waals surface area contributed by atoms with Crippen molar-refractivity contribution in [3.63, 3.8) is 0 Å². The Morgan fingerprint density at radius 2 is 2.00 bits per heavy atom. The van der Waals surface area contributed by atoms with Crippen LogP contribution in [0.4, 0.5) is 0 Å². The van der Waals surface area contributed by atoms with E-state index in [2.05, 4.69) is 62.7 Å². The van der Waals surface area contributed by atoms with Crippen LogP contribution < -0.4 is 0 Å². The van der Waals surface area contributed by atoms with E-state index in [4.69, 9.17) is 4.43 Å². The highest BCUT2D eigenvalue weighted by atomic mass is 28.4. The molecule has 1 nitrogen and oxygen atoms in total. The Morgan fingerprint density at radius 1 is 1.30 bits per heavy atom. The molecule has 0 N–H and O–H groups in total. The van der Waals surface area contributed by atoms with Gasteiger partial charge in [-0.05, 0) is 37.9 Å². The van der Waals surface area contributed by atoms with E-state index in [0.717, 1.165) is 25.7 Å². The molecule has 0 fully saturated rings. The van der Waals surface area contributed by atoms with E-state index < -0.39 is 8.32 Å². The highest BCUT2D eigenvalue weighted by molar-refractivity contribution is 6.76. The number of rotatable bonds is 7. The standard InChI is InChI=1S/C18H26OSi/c1-5-7-9-14-18(19-20(3,4)6-2)16-15-17-12-10-8-11-13-17/h6,8,10-13,18H,2,5,7,15-16H2,1,3-4H3. The lowest BCUT2D eigenvalue weighted by Gasteiger charge is -2.23. The summed E-state index contributed by atoms with van der Waals surface area (Å²) in [6.07, 6.45) is 4.03. The molecule has 2 heteroatoms. The van der Waals surface area contributed by atoms with Gasteiger partial charge in [0.15, 0.2) is 0 Å². The largest absolute Gasteiger partial charge is 0.400 e. The van der Waals surface area contributed by atoms with Crippen LogP contribution in [0, 0.1) is 11.8 Å². The van der Waals surface area contributed by atoms with Crippen molar-refractivity contribution in [3.05, 3.63) is 48.2 Å². The fraction of sp³-hybridized carbons (Fsp3) is 0.444. The zero-order chi connectivity index (χ0) is 14.8. The number of unbranched alkanes of at least 4 members (excludes halogenated alkanes) is 1. The number of hydrogen-bond donors (Lipinski definition) is 0. The lowest BCUT2D eigenvalue weighted by atomic mass is 10.1. The van der Waals surface area contributed by atoms with Crippen LogP contribution in [-0.4, -0.2) is 14.4 Å². The fourth-order valence-electron chi connectivity index (χ4n) is 1.83. The van der Waals surface area contributed by atoms with E-state index in [0.29, 0.717) is 0 Å². The molecule has 1 rings (SSSR count). The van der Waals surface area contributed by atoms with Crippen molar-refractivity contribution in [2.45, 2.75) is 51.8 Å². The molecule has 0 aliphatic heterocycles. The number of aryl methyl sites for hydroxylation is 1. The Labute approximate surface area is 125 Å². The maximum atomic E-state index is 6.20. The van der Waals surface area contributed by atoms with E-state index in [9.17, 15) is 0 Å². The van der Waals surface area contributed by atoms with Crippen molar-refractivity contribution in [3.8, 4) is 11.8 Å². The van der Waals surface area contributed by atoms with Crippen molar-refractivity contribution in [1.82, 2.24) is 0 Å². The van der Waals surface area contributed by atoms with Crippen molar-refractivity contribution >= 4 is 8.32 Å². The monoisotopic (exact) mass is 286 g/mol. The van der Waals surface area contributed by atoms with Gasteiger partial charge in [0.25, 0.3) is 0 Å². The van der Waals surface area contributed by atoms with Gasteiger partial charge in [-0.1, -0.05) is 48.9 Å². The van der Waals surface area contributed by atoms with Crippen molar-refractivity contribution in [1.29, 1.82) is 0 Å². The summed E-state index contributed by atoms with van der Waals surface area (Å²) in [5, 5.41) is 0. The Balaban J connectivity index is 2.63. The molecule has 0 saturated heterocycles. The van der Waals surface area contributed by atoms with Crippen LogP contribution in [0.3, 0.4) is 0 Å². The van der Waals surface area contributed by atoms with E-state index in [-0.39, 0.29) is 6.10 Å². The molecule has 0 aliphatic carbocycles. The summed E-state index contributed by atoms with van der Waals surface area (Å²) in [7, 11) is -1.78. The quantitative estimate of drug-likeness (QED) is 0.520. The van der Waals surface area contributed by atoms with Gasteiger partial charge in [0.2, 0.25) is 8.32 Å². The predicted octanol–water partition coefficient (Wildman–Crippen LogP) is 4.74. The van der Waals surface area contributed by atoms with E-state index in [1.807, 2.05) is 11.8 Å². The summed E-state index contributed by atoms with van der Waals surface area (Å²) >= 11 is 0. The van der Waals surface area contributed by atoms with Crippen LogP contribution in [0.25, 0.3) is 0 Å². The molecule has 0 bridgehead atoms. The molecule has 0 spiro atoms. The van der Waals surface area contributed by atoms with Gasteiger partial charge in [-0.3, -0.25) is 0 Å². The molecular weight excluding hydrogens is 260 g/mol. The number of benzene rings is 1. The molecule has 0 aliphatic rings. The maximum Gasteiger partial charge on any atom is 0.212 e. The third kappa shape index (κ3) is 6.74. The molecule has 1 aromatic rings. The maximum absolute atomic E-state index is 6.20. The molecule has 1 aromatic carbocycles. The van der Waals surface area contributed by atoms with E-state index in [1.165, 1.54) is 5.56 Å². The summed E-state index contributed by atoms with van der Waals surface area (Å²) in [5.74, 6) is 6.53. The second kappa shape index (κ2) is 8.79. The molecule has 0 radical (unpaired) electrons. The second-order valence-corrected chi connectivity index (χ2v) is 9.36. The van der Waals surface area contributed by atoms with Crippen molar-refractivity contribution in [2.24, 2.45) is 0 Å². The Bertz CT molecular complexity index is 453. The third-order valence-corrected chi connectivity index (χ3v) is 4.99. The zero-order valence-corrected chi connectivity index (χ0v) is 14.0. The SMILES string of the molecule is C=C[Si](C)(C)OC(C#CCCC)CCc1ccccc1. The fourth-order valence-corrected chi connectivity index (χ4v) is 2.84. The molecule has 20 heavy (non-hydrogen) atoms. The van der Waals surface area contributed by atoms with Gasteiger partial charge in [0.05, 0.1) is 0 Å². The van der Waals surface area contributed by atoms with Crippen LogP contribution in [0.15, 0.2) is 42.6 Å². The molecule has 108 valence electrons. The molecule has 0 saturated carbocycles. The number of hydrogen-bond acceptors (Lipinski definition) is 1. The van der Waals surface area contributed by atoms with Crippen LogP contribution >= 0.6 is 0 Å². The summed E-state index contributed by atoms with van der Waals surface area (Å²) < 4.78 is 6.20. The summed E-state index contributed by atoms with van der Waals surface area (Å²) in [4.78, 5) is 0. The molecule has 0 aromatic heterocycles. The van der Waals surface area contributed by atoms with Crippen LogP contribution in [0.1, 0.15) is 31.7 Å². The minimum Gasteiger partial charge on any atom is -0.400 e. The molecular formula is C18H26OSi. The average molecular weight is 286 g/mol. The van der Waals surface area contributed by atoms with Gasteiger partial charge in [0.1, 0.15) is 6.10 Å². The van der Waals surface area contributed by atoms with Gasteiger partial charge < -0.3 is 4.43 Å². The smallest absolute Gasteiger partial charge is 0.212 e. The minimum absolute atomic E-state index is 0.0291. The zero-order valence-electron chi connectivity index (χ0n) is 13.0. The molecule has 0 amide bonds. The normalized spacial score (nSPS) is 12.3. The first-order valence-electron chi connectivity index (χ1n) is 7.41. The van der Waals surface area contributed by atoms with Gasteiger partial charge in [-0.25, -0.2) is 0 Å². The first-order chi connectivity index (χ1) is 9.57. The summed E-state index contributed by atoms with van der Waals surface area (Å²) in [5.41, 5.74) is 3.32. The second-order valence-electron chi connectivity index (χ2n) is 5.51. The molecule has 1 unspecified atom stereocenters. The van der Waals surface area contributed by atoms with Crippen molar-refractivity contribution in [2.75, 3.05) is 0 Å². The van der Waals surface area contributed by atoms with Crippen LogP contribution in [0.2, 0.25) is 13.1 Å². The highest BCUT2D eigenvalue weighted by Gasteiger charge is 2.22. The van der Waals surface area contributed by atoms with Gasteiger partial charge in [-0.15, -0.1) is 12.5 Å². The summed E-state index contributed by atoms with van der Waals surface area (Å²) in [6, 6.07) is 10.5. The van der Waals surface area contributed by atoms with Crippen LogP contribution in [-0.2, 0) is 10.8 Å².